The van der Waals surface area contributed by atoms with Gasteiger partial charge in [-0.05, 0) is 123 Å². The summed E-state index contributed by atoms with van der Waals surface area (Å²) in [6, 6.07) is 0. The van der Waals surface area contributed by atoms with Crippen molar-refractivity contribution in [1.82, 2.24) is 0 Å². The van der Waals surface area contributed by atoms with E-state index >= 15 is 0 Å². The first-order chi connectivity index (χ1) is 33.8. The van der Waals surface area contributed by atoms with E-state index in [1.165, 1.54) is 7.11 Å². The van der Waals surface area contributed by atoms with Gasteiger partial charge in [0, 0.05) is 25.0 Å². The highest BCUT2D eigenvalue weighted by Crippen LogP contribution is 2.48. The Morgan fingerprint density at radius 3 is 0.500 bits per heavy atom. The highest BCUT2D eigenvalue weighted by molar-refractivity contribution is 4.93. The zero-order valence-electron chi connectivity index (χ0n) is 63.7. The van der Waals surface area contributed by atoms with Crippen LogP contribution >= 0.6 is 0 Å². The second kappa shape index (κ2) is 40.7. The first-order valence-electron chi connectivity index (χ1n) is 30.1. The third kappa shape index (κ3) is 54.8. The normalized spacial score (nSPS) is 13.6. The van der Waals surface area contributed by atoms with Crippen LogP contribution in [0.2, 0.25) is 0 Å². The van der Waals surface area contributed by atoms with E-state index in [2.05, 4.69) is 199 Å². The van der Waals surface area contributed by atoms with E-state index in [1.807, 2.05) is 83.1 Å². The van der Waals surface area contributed by atoms with E-state index in [1.54, 1.807) is 48.7 Å². The highest BCUT2D eigenvalue weighted by atomic mass is 19.4. The lowest BCUT2D eigenvalue weighted by Gasteiger charge is -2.45. The van der Waals surface area contributed by atoms with Gasteiger partial charge in [0.25, 0.3) is 0 Å². The van der Waals surface area contributed by atoms with Gasteiger partial charge < -0.3 is 24.1 Å². The Morgan fingerprint density at radius 1 is 0.284 bits per heavy atom. The lowest BCUT2D eigenvalue weighted by molar-refractivity contribution is -0.365. The van der Waals surface area contributed by atoms with Gasteiger partial charge in [0.15, 0.2) is 0 Å². The Balaban J connectivity index is -0.0000000598. The molecule has 0 aliphatic carbocycles. The van der Waals surface area contributed by atoms with E-state index in [0.29, 0.717) is 6.10 Å². The Labute approximate surface area is 557 Å². The van der Waals surface area contributed by atoms with Gasteiger partial charge in [0.05, 0.1) is 40.7 Å². The molecule has 0 aromatic heterocycles. The van der Waals surface area contributed by atoms with Crippen molar-refractivity contribution in [2.75, 3.05) is 14.2 Å². The van der Waals surface area contributed by atoms with Gasteiger partial charge in [0.2, 0.25) is 5.85 Å². The summed E-state index contributed by atoms with van der Waals surface area (Å²) < 4.78 is 90.8. The predicted octanol–water partition coefficient (Wildman–Crippen LogP) is 28.0. The van der Waals surface area contributed by atoms with Crippen LogP contribution < -0.4 is 0 Å². The minimum atomic E-state index is -4.56. The van der Waals surface area contributed by atoms with Crippen molar-refractivity contribution in [1.29, 1.82) is 0 Å². The molecule has 0 aliphatic rings. The molecule has 0 saturated carbocycles. The maximum absolute atomic E-state index is 14.3. The molecule has 6 nitrogen and oxygen atoms in total. The lowest BCUT2D eigenvalue weighted by Crippen LogP contribution is -2.50. The Kier molecular flexibility index (Phi) is 56.0. The predicted molar refractivity (Wildman–Crippen MR) is 394 cm³/mol. The van der Waals surface area contributed by atoms with Crippen molar-refractivity contribution >= 4 is 0 Å². The summed E-state index contributed by atoms with van der Waals surface area (Å²) in [5.41, 5.74) is -1.97. The van der Waals surface area contributed by atoms with Crippen molar-refractivity contribution in [3.63, 3.8) is 0 Å². The minimum Gasteiger partial charge on any atom is -0.392 e. The first kappa shape index (κ1) is 121. The smallest absolute Gasteiger partial charge is 0.392 e. The summed E-state index contributed by atoms with van der Waals surface area (Å²) in [7, 11) is 3.22. The minimum absolute atomic E-state index is 0. The van der Waals surface area contributed by atoms with Gasteiger partial charge in [-0.15, -0.1) is 13.2 Å². The molecule has 0 unspecified atom stereocenters. The molecule has 0 radical (unpaired) electrons. The monoisotopic (exact) mass is 1290 g/mol. The van der Waals surface area contributed by atoms with E-state index in [-0.39, 0.29) is 124 Å². The average molecular weight is 1290 g/mol. The molecule has 0 heterocycles. The average Bonchev–Trinajstić information content (AvgIpc) is 3.07. The Morgan fingerprint density at radius 2 is 0.477 bits per heavy atom. The van der Waals surface area contributed by atoms with Crippen LogP contribution in [0.25, 0.3) is 0 Å². The van der Waals surface area contributed by atoms with Crippen molar-refractivity contribution in [2.45, 2.75) is 430 Å². The van der Waals surface area contributed by atoms with Gasteiger partial charge in [-0.3, -0.25) is 4.74 Å². The van der Waals surface area contributed by atoms with Crippen molar-refractivity contribution < 1.29 is 50.7 Å². The molecule has 0 aromatic rings. The number of ether oxygens (including phenoxy) is 5. The Bertz CT molecular complexity index is 1510. The highest BCUT2D eigenvalue weighted by Gasteiger charge is 2.52. The fourth-order valence-electron chi connectivity index (χ4n) is 9.96. The summed E-state index contributed by atoms with van der Waals surface area (Å²) in [5, 5.41) is 9.72. The van der Waals surface area contributed by atoms with Gasteiger partial charge in [0.1, 0.15) is 6.17 Å². The van der Waals surface area contributed by atoms with Crippen molar-refractivity contribution in [2.24, 2.45) is 65.0 Å². The lowest BCUT2D eigenvalue weighted by atomic mass is 9.72. The van der Waals surface area contributed by atoms with Crippen LogP contribution in [-0.4, -0.2) is 78.4 Å². The number of hydrogen-bond donors (Lipinski definition) is 1. The molecule has 0 bridgehead atoms. The quantitative estimate of drug-likeness (QED) is 0.277. The molecular weight excluding hydrogens is 1120 g/mol. The van der Waals surface area contributed by atoms with Crippen LogP contribution in [0.15, 0.2) is 0 Å². The number of rotatable bonds is 5. The molecule has 88 heavy (non-hydrogen) atoms. The zero-order valence-corrected chi connectivity index (χ0v) is 63.7. The van der Waals surface area contributed by atoms with Crippen LogP contribution in [0.3, 0.4) is 0 Å². The summed E-state index contributed by atoms with van der Waals surface area (Å²) in [4.78, 5) is 0. The maximum Gasteiger partial charge on any atom is 0.522 e. The summed E-state index contributed by atoms with van der Waals surface area (Å²) >= 11 is 0. The zero-order chi connectivity index (χ0) is 68.8. The molecule has 0 saturated heterocycles. The van der Waals surface area contributed by atoms with Crippen LogP contribution in [0.1, 0.15) is 370 Å². The SMILES string of the molecule is C.C.C.C.C.C.C.CC(C)(C)C(F)C(C)(C)C.CC(C)(C)C(O)C(C)(C)C.CC(C)(C)C(OC(F)(F)F)C(C)(C)C.CC(C)(C)OC(C)(C)C(C)(C)C.CC(C)(C)OC(C)(C)C(C)(C)C.COC(C(C)(C)C)C(C)(C)C.COC(F)(C(C)(C)C)C(C)(C)C. The van der Waals surface area contributed by atoms with E-state index in [0.717, 1.165) is 0 Å². The number of hydrogen-bond acceptors (Lipinski definition) is 6. The molecular formula is C77H177F5O6. The van der Waals surface area contributed by atoms with Crippen LogP contribution in [0, 0.1) is 65.0 Å². The summed E-state index contributed by atoms with van der Waals surface area (Å²) in [5.74, 6) is -1.58. The first-order valence-corrected chi connectivity index (χ1v) is 30.1. The maximum atomic E-state index is 14.3. The number of aliphatic hydroxyl groups excluding tert-OH is 1. The third-order valence-electron chi connectivity index (χ3n) is 13.7. The summed E-state index contributed by atoms with van der Waals surface area (Å²) in [6.07, 6.45) is -6.07. The molecule has 0 aromatic carbocycles. The van der Waals surface area contributed by atoms with Crippen molar-refractivity contribution in [3.8, 4) is 0 Å². The standard InChI is InChI=1S/2C11H24O.C10H19F3O.C10H21FO.C10H22O.C9H19F.C9H20O.7CH4/c2*1-9(2,3)11(7,8)12-10(4,5)6;1-8(2,3)7(9(4,5)6)14-10(11,12)13;1-8(2,3)10(11,12-7)9(4,5)6;1-9(2,3)8(11-7)10(4,5)6;2*1-8(2,3)7(10)9(4,5)6;;;;;;;/h2*1-8H3;7H,1-6H3;1-7H3;8H,1-7H3;7H,1-6H3;7,10H,1-6H3;7*1H4. The molecule has 11 heteroatoms. The van der Waals surface area contributed by atoms with Crippen LogP contribution in [-0.2, 0) is 23.7 Å². The topological polar surface area (TPSA) is 66.4 Å². The van der Waals surface area contributed by atoms with Crippen LogP contribution in [0.4, 0.5) is 22.0 Å². The van der Waals surface area contributed by atoms with E-state index in [9.17, 15) is 27.1 Å². The van der Waals surface area contributed by atoms with Crippen LogP contribution in [0.5, 0.6) is 0 Å². The molecule has 556 valence electrons. The molecule has 1 N–H and O–H groups in total. The molecule has 0 atom stereocenters. The van der Waals surface area contributed by atoms with E-state index in [4.69, 9.17) is 18.9 Å². The second-order valence-corrected chi connectivity index (χ2v) is 38.5. The van der Waals surface area contributed by atoms with E-state index < -0.39 is 46.2 Å². The molecule has 0 spiro atoms. The van der Waals surface area contributed by atoms with Gasteiger partial charge in [-0.1, -0.05) is 301 Å². The molecule has 0 amide bonds. The van der Waals surface area contributed by atoms with Gasteiger partial charge >= 0.3 is 6.36 Å². The third-order valence-corrected chi connectivity index (χ3v) is 13.7. The van der Waals surface area contributed by atoms with Gasteiger partial charge in [-0.25, -0.2) is 8.78 Å². The second-order valence-electron chi connectivity index (χ2n) is 38.5. The molecule has 0 rings (SSSR count). The molecule has 0 fully saturated rings. The Hall–Kier alpha value is -0.590. The summed E-state index contributed by atoms with van der Waals surface area (Å²) in [6.45, 7) is 93.2. The fraction of sp³-hybridized carbons (Fsp3) is 1.00. The number of aliphatic hydroxyl groups is 1. The van der Waals surface area contributed by atoms with Gasteiger partial charge in [-0.2, -0.15) is 0 Å². The number of alkyl halides is 5. The largest absolute Gasteiger partial charge is 0.522 e. The fourth-order valence-corrected chi connectivity index (χ4v) is 9.96. The molecule has 0 aliphatic heterocycles. The number of halogens is 5. The van der Waals surface area contributed by atoms with Crippen molar-refractivity contribution in [3.05, 3.63) is 0 Å². The number of methoxy groups -OCH3 is 2.